The van der Waals surface area contributed by atoms with E-state index in [9.17, 15) is 14.4 Å². The summed E-state index contributed by atoms with van der Waals surface area (Å²) < 4.78 is 6.57. The summed E-state index contributed by atoms with van der Waals surface area (Å²) in [6.45, 7) is 10.8. The van der Waals surface area contributed by atoms with E-state index in [-0.39, 0.29) is 34.6 Å². The van der Waals surface area contributed by atoms with Crippen molar-refractivity contribution in [3.8, 4) is 0 Å². The minimum atomic E-state index is -0.357. The summed E-state index contributed by atoms with van der Waals surface area (Å²) in [7, 11) is 0. The predicted molar refractivity (Wildman–Crippen MR) is 208 cm³/mol. The molecule has 1 atom stereocenters. The molecule has 6 aliphatic rings. The van der Waals surface area contributed by atoms with Crippen molar-refractivity contribution < 1.29 is 14.3 Å². The molecule has 2 saturated carbocycles. The van der Waals surface area contributed by atoms with E-state index in [0.717, 1.165) is 132 Å². The number of hydrogen-bond acceptors (Lipinski definition) is 10. The number of nitrogens with two attached hydrogens (primary N) is 1. The Hall–Kier alpha value is -3.91. The molecule has 13 heteroatoms. The average Bonchev–Trinajstić information content (AvgIpc) is 3.21. The molecule has 4 saturated heterocycles. The Kier molecular flexibility index (Phi) is 10.8. The van der Waals surface area contributed by atoms with Crippen molar-refractivity contribution in [2.45, 2.75) is 94.9 Å². The second kappa shape index (κ2) is 15.7. The van der Waals surface area contributed by atoms with Gasteiger partial charge in [0.05, 0.1) is 46.7 Å². The lowest BCUT2D eigenvalue weighted by Crippen LogP contribution is -2.66. The zero-order valence-electron chi connectivity index (χ0n) is 31.9. The smallest absolute Gasteiger partial charge is 0.270 e. The number of aryl methyl sites for hydroxylation is 1. The van der Waals surface area contributed by atoms with Crippen molar-refractivity contribution in [2.75, 3.05) is 70.4 Å². The van der Waals surface area contributed by atoms with Gasteiger partial charge in [-0.2, -0.15) is 0 Å². The first kappa shape index (κ1) is 37.0. The molecular formula is C41H57N9O4. The second-order valence-electron chi connectivity index (χ2n) is 16.6. The Balaban J connectivity index is 0.775. The zero-order valence-corrected chi connectivity index (χ0v) is 31.9. The van der Waals surface area contributed by atoms with Gasteiger partial charge in [0.1, 0.15) is 5.69 Å². The second-order valence-corrected chi connectivity index (χ2v) is 16.6. The fraction of sp³-hybridized carbons (Fsp3) is 0.634. The van der Waals surface area contributed by atoms with Crippen LogP contribution in [0.2, 0.25) is 0 Å². The van der Waals surface area contributed by atoms with Gasteiger partial charge in [-0.25, -0.2) is 4.98 Å². The molecule has 4 N–H and O–H groups in total. The van der Waals surface area contributed by atoms with Crippen molar-refractivity contribution in [1.82, 2.24) is 35.0 Å². The molecule has 54 heavy (non-hydrogen) atoms. The topological polar surface area (TPSA) is 153 Å². The molecule has 9 rings (SSSR count). The number of aromatic amines is 1. The number of hydrogen-bond donors (Lipinski definition) is 3. The van der Waals surface area contributed by atoms with Crippen LogP contribution in [0.5, 0.6) is 0 Å². The Morgan fingerprint density at radius 2 is 1.69 bits per heavy atom. The first-order valence-corrected chi connectivity index (χ1v) is 20.4. The molecule has 2 bridgehead atoms. The number of nitrogens with one attached hydrogen (secondary N) is 2. The van der Waals surface area contributed by atoms with Gasteiger partial charge in [0.2, 0.25) is 5.91 Å². The van der Waals surface area contributed by atoms with E-state index in [1.807, 2.05) is 48.5 Å². The number of aromatic nitrogens is 3. The van der Waals surface area contributed by atoms with Crippen LogP contribution in [0.3, 0.4) is 0 Å². The van der Waals surface area contributed by atoms with Crippen LogP contribution in [-0.2, 0) is 22.5 Å². The van der Waals surface area contributed by atoms with Crippen molar-refractivity contribution in [2.24, 2.45) is 11.7 Å². The summed E-state index contributed by atoms with van der Waals surface area (Å²) in [5, 5.41) is 3.32. The number of carbonyl (C=O) groups excluding carboxylic acids is 2. The highest BCUT2D eigenvalue weighted by atomic mass is 16.5. The van der Waals surface area contributed by atoms with Gasteiger partial charge in [-0.05, 0) is 80.7 Å². The summed E-state index contributed by atoms with van der Waals surface area (Å²) >= 11 is 0. The molecule has 3 aromatic heterocycles. The van der Waals surface area contributed by atoms with Crippen LogP contribution < -0.4 is 21.5 Å². The van der Waals surface area contributed by atoms with Crippen LogP contribution in [0.25, 0.3) is 11.0 Å². The first-order valence-electron chi connectivity index (χ1n) is 20.4. The summed E-state index contributed by atoms with van der Waals surface area (Å²) in [6, 6.07) is 7.40. The number of piperazine rings is 2. The predicted octanol–water partition coefficient (Wildman–Crippen LogP) is 3.07. The first-order chi connectivity index (χ1) is 26.2. The molecule has 4 aliphatic heterocycles. The van der Waals surface area contributed by atoms with Crippen LogP contribution in [0.15, 0.2) is 41.5 Å². The average molecular weight is 740 g/mol. The lowest BCUT2D eigenvalue weighted by atomic mass is 9.70. The fourth-order valence-electron chi connectivity index (χ4n) is 9.52. The van der Waals surface area contributed by atoms with Gasteiger partial charge >= 0.3 is 0 Å². The van der Waals surface area contributed by atoms with Crippen LogP contribution in [0.1, 0.15) is 86.3 Å². The number of anilines is 1. The van der Waals surface area contributed by atoms with Crippen molar-refractivity contribution in [1.29, 1.82) is 0 Å². The van der Waals surface area contributed by atoms with E-state index in [0.29, 0.717) is 24.6 Å². The Labute approximate surface area is 318 Å². The highest BCUT2D eigenvalue weighted by molar-refractivity contribution is 5.93. The maximum absolute atomic E-state index is 13.4. The number of nitrogens with zero attached hydrogens (tertiary/aromatic N) is 6. The van der Waals surface area contributed by atoms with E-state index < -0.39 is 0 Å². The summed E-state index contributed by atoms with van der Waals surface area (Å²) in [6.07, 6.45) is 13.8. The Morgan fingerprint density at radius 1 is 0.944 bits per heavy atom. The quantitative estimate of drug-likeness (QED) is 0.283. The highest BCUT2D eigenvalue weighted by Crippen LogP contribution is 2.44. The van der Waals surface area contributed by atoms with Crippen molar-refractivity contribution in [3.63, 3.8) is 0 Å². The van der Waals surface area contributed by atoms with Gasteiger partial charge in [0.25, 0.3) is 11.5 Å². The number of ether oxygens (including phenoxy) is 1. The fourth-order valence-corrected chi connectivity index (χ4v) is 9.52. The Morgan fingerprint density at radius 3 is 2.35 bits per heavy atom. The zero-order chi connectivity index (χ0) is 37.3. The molecule has 7 heterocycles. The molecule has 3 aromatic rings. The summed E-state index contributed by atoms with van der Waals surface area (Å²) in [5.74, 6) is 0.321. The number of H-pyrrole nitrogens is 1. The molecule has 2 aliphatic carbocycles. The lowest BCUT2D eigenvalue weighted by molar-refractivity contribution is -0.171. The van der Waals surface area contributed by atoms with Gasteiger partial charge in [-0.1, -0.05) is 26.2 Å². The van der Waals surface area contributed by atoms with Gasteiger partial charge in [-0.3, -0.25) is 29.2 Å². The van der Waals surface area contributed by atoms with Gasteiger partial charge in [0, 0.05) is 77.2 Å². The third-order valence-electron chi connectivity index (χ3n) is 13.1. The molecule has 6 fully saturated rings. The monoisotopic (exact) mass is 739 g/mol. The van der Waals surface area contributed by atoms with E-state index in [2.05, 4.69) is 35.0 Å². The van der Waals surface area contributed by atoms with Crippen molar-refractivity contribution in [3.05, 3.63) is 63.8 Å². The maximum Gasteiger partial charge on any atom is 0.270 e. The normalized spacial score (nSPS) is 26.3. The molecule has 0 radical (unpaired) electrons. The standard InChI is InChI=1S/C41H57N9O4/c1-2-30-23-34-35(45-37(30)51)22-29(24-43-34)26-47-14-18-49(19-15-47)32-8-9-33(44-25-32)38(52)46-40-10-12-41(13-11-40,54-28-40)27-48-16-20-50(21-17-48)39(53)36(42)31-6-4-3-5-7-31/h8-9,22-25,31,36H,2-7,10-21,26-28,42H2,1H3,(H,45,51)(H,46,52). The summed E-state index contributed by atoms with van der Waals surface area (Å²) in [4.78, 5) is 60.2. The molecule has 1 unspecified atom stereocenters. The molecule has 0 spiro atoms. The molecular weight excluding hydrogens is 683 g/mol. The number of amides is 2. The van der Waals surface area contributed by atoms with E-state index in [1.54, 1.807) is 0 Å². The molecule has 2 amide bonds. The van der Waals surface area contributed by atoms with Gasteiger partial charge in [0.15, 0.2) is 0 Å². The minimum Gasteiger partial charge on any atom is -0.371 e. The number of rotatable bonds is 10. The number of pyridine rings is 3. The third kappa shape index (κ3) is 7.91. The number of fused-ring (bicyclic) bond motifs is 4. The van der Waals surface area contributed by atoms with Crippen LogP contribution in [-0.4, -0.2) is 124 Å². The summed E-state index contributed by atoms with van der Waals surface area (Å²) in [5.41, 5.74) is 10.7. The minimum absolute atomic E-state index is 0.0408. The third-order valence-corrected chi connectivity index (χ3v) is 13.1. The van der Waals surface area contributed by atoms with Crippen LogP contribution in [0, 0.1) is 5.92 Å². The molecule has 13 nitrogen and oxygen atoms in total. The van der Waals surface area contributed by atoms with E-state index in [4.69, 9.17) is 10.5 Å². The SMILES string of the molecule is CCc1cc2ncc(CN3CCN(c4ccc(C(=O)NC56CCC(CN7CCN(C(=O)C(N)C8CCCCC8)CC7)(CC5)OC6)nc4)CC3)cc2[nH]c1=O. The molecule has 0 aromatic carbocycles. The largest absolute Gasteiger partial charge is 0.371 e. The van der Waals surface area contributed by atoms with Crippen LogP contribution >= 0.6 is 0 Å². The van der Waals surface area contributed by atoms with E-state index >= 15 is 0 Å². The highest BCUT2D eigenvalue weighted by Gasteiger charge is 2.51. The van der Waals surface area contributed by atoms with Crippen LogP contribution in [0.4, 0.5) is 5.69 Å². The lowest BCUT2D eigenvalue weighted by Gasteiger charge is -2.54. The molecule has 290 valence electrons. The van der Waals surface area contributed by atoms with Gasteiger partial charge in [-0.15, -0.1) is 0 Å². The van der Waals surface area contributed by atoms with Crippen molar-refractivity contribution >= 4 is 28.5 Å². The number of carbonyl (C=O) groups is 2. The maximum atomic E-state index is 13.4. The van der Waals surface area contributed by atoms with Gasteiger partial charge < -0.3 is 30.6 Å². The Bertz CT molecular complexity index is 1840. The van der Waals surface area contributed by atoms with E-state index in [1.165, 1.54) is 19.3 Å².